The van der Waals surface area contributed by atoms with E-state index in [1.807, 2.05) is 36.5 Å². The van der Waals surface area contributed by atoms with Crippen molar-refractivity contribution in [2.45, 2.75) is 0 Å². The Morgan fingerprint density at radius 3 is 1.98 bits per heavy atom. The molecule has 0 bridgehead atoms. The highest BCUT2D eigenvalue weighted by Crippen LogP contribution is 2.36. The zero-order chi connectivity index (χ0) is 27.2. The van der Waals surface area contributed by atoms with Gasteiger partial charge in [0.2, 0.25) is 0 Å². The van der Waals surface area contributed by atoms with E-state index >= 15 is 0 Å². The molecule has 0 aliphatic rings. The van der Waals surface area contributed by atoms with Gasteiger partial charge in [-0.15, -0.1) is 0 Å². The quantitative estimate of drug-likeness (QED) is 0.231. The second-order valence-electron chi connectivity index (χ2n) is 10.1. The molecular formula is C37H24N4. The highest BCUT2D eigenvalue weighted by Gasteiger charge is 2.15. The van der Waals surface area contributed by atoms with E-state index in [1.54, 1.807) is 0 Å². The molecule has 0 radical (unpaired) electrons. The van der Waals surface area contributed by atoms with Crippen LogP contribution in [0.1, 0.15) is 0 Å². The molecule has 8 aromatic rings. The highest BCUT2D eigenvalue weighted by molar-refractivity contribution is 6.06. The molecule has 0 aliphatic carbocycles. The minimum absolute atomic E-state index is 0.821. The third kappa shape index (κ3) is 3.88. The van der Waals surface area contributed by atoms with Crippen LogP contribution < -0.4 is 0 Å². The highest BCUT2D eigenvalue weighted by atomic mass is 15.1. The zero-order valence-corrected chi connectivity index (χ0v) is 22.1. The molecule has 8 rings (SSSR count). The van der Waals surface area contributed by atoms with Crippen LogP contribution in [0.3, 0.4) is 0 Å². The van der Waals surface area contributed by atoms with Crippen LogP contribution >= 0.6 is 0 Å². The van der Waals surface area contributed by atoms with E-state index in [2.05, 4.69) is 119 Å². The van der Waals surface area contributed by atoms with Gasteiger partial charge in [-0.1, -0.05) is 97.1 Å². The lowest BCUT2D eigenvalue weighted by Gasteiger charge is -2.13. The van der Waals surface area contributed by atoms with Crippen molar-refractivity contribution in [3.05, 3.63) is 146 Å². The second kappa shape index (κ2) is 9.54. The maximum atomic E-state index is 5.14. The number of para-hydroxylation sites is 1. The SMILES string of the molecule is c1cc(-c2cccc(-n3c4ccccc4c4ncccc43)n2)nc(-c2ccccc2-c2cccc3ccccc23)c1. The normalized spacial score (nSPS) is 11.4. The van der Waals surface area contributed by atoms with Crippen LogP contribution in [0.15, 0.2) is 146 Å². The summed E-state index contributed by atoms with van der Waals surface area (Å²) in [7, 11) is 0. The summed E-state index contributed by atoms with van der Waals surface area (Å²) in [5.74, 6) is 0.838. The fourth-order valence-corrected chi connectivity index (χ4v) is 5.85. The van der Waals surface area contributed by atoms with E-state index in [0.717, 1.165) is 56.0 Å². The summed E-state index contributed by atoms with van der Waals surface area (Å²) >= 11 is 0. The molecule has 0 fully saturated rings. The van der Waals surface area contributed by atoms with Gasteiger partial charge >= 0.3 is 0 Å². The van der Waals surface area contributed by atoms with Crippen molar-refractivity contribution >= 4 is 32.7 Å². The standard InChI is InChI=1S/C37H24N4/c1-2-13-26-25(11-1)12-7-17-27(26)28-14-3-4-15-29(28)31-18-8-19-32(39-31)33-20-9-23-36(40-33)41-34-21-6-5-16-30(34)37-35(41)22-10-24-38-37/h1-24H. The lowest BCUT2D eigenvalue weighted by atomic mass is 9.93. The topological polar surface area (TPSA) is 43.6 Å². The second-order valence-corrected chi connectivity index (χ2v) is 10.1. The van der Waals surface area contributed by atoms with Crippen LogP contribution in [0, 0.1) is 0 Å². The molecule has 0 N–H and O–H groups in total. The smallest absolute Gasteiger partial charge is 0.138 e. The van der Waals surface area contributed by atoms with Crippen LogP contribution in [0.25, 0.3) is 72.3 Å². The number of nitrogens with zero attached hydrogens (tertiary/aromatic N) is 4. The number of aromatic nitrogens is 4. The van der Waals surface area contributed by atoms with Crippen molar-refractivity contribution in [1.29, 1.82) is 0 Å². The summed E-state index contributed by atoms with van der Waals surface area (Å²) in [6, 6.07) is 48.2. The molecule has 0 atom stereocenters. The third-order valence-electron chi connectivity index (χ3n) is 7.69. The monoisotopic (exact) mass is 524 g/mol. The van der Waals surface area contributed by atoms with Crippen molar-refractivity contribution in [2.24, 2.45) is 0 Å². The average molecular weight is 525 g/mol. The van der Waals surface area contributed by atoms with Crippen LogP contribution in [-0.2, 0) is 0 Å². The number of hydrogen-bond acceptors (Lipinski definition) is 3. The third-order valence-corrected chi connectivity index (χ3v) is 7.69. The largest absolute Gasteiger partial charge is 0.292 e. The molecule has 41 heavy (non-hydrogen) atoms. The van der Waals surface area contributed by atoms with Crippen LogP contribution in [0.4, 0.5) is 0 Å². The summed E-state index contributed by atoms with van der Waals surface area (Å²) < 4.78 is 2.18. The molecular weight excluding hydrogens is 500 g/mol. The minimum Gasteiger partial charge on any atom is -0.292 e. The molecule has 192 valence electrons. The molecule has 4 aromatic heterocycles. The van der Waals surface area contributed by atoms with E-state index in [4.69, 9.17) is 9.97 Å². The Morgan fingerprint density at radius 1 is 0.415 bits per heavy atom. The van der Waals surface area contributed by atoms with Gasteiger partial charge in [0.25, 0.3) is 0 Å². The number of hydrogen-bond donors (Lipinski definition) is 0. The Hall–Kier alpha value is -5.61. The summed E-state index contributed by atoms with van der Waals surface area (Å²) in [4.78, 5) is 14.9. The Morgan fingerprint density at radius 2 is 1.05 bits per heavy atom. The van der Waals surface area contributed by atoms with Gasteiger partial charge in [0.15, 0.2) is 0 Å². The summed E-state index contributed by atoms with van der Waals surface area (Å²) in [6.45, 7) is 0. The molecule has 4 aromatic carbocycles. The van der Waals surface area contributed by atoms with E-state index in [1.165, 1.54) is 16.3 Å². The number of benzene rings is 4. The van der Waals surface area contributed by atoms with Crippen LogP contribution in [0.2, 0.25) is 0 Å². The summed E-state index contributed by atoms with van der Waals surface area (Å²) in [5, 5.41) is 3.57. The van der Waals surface area contributed by atoms with Crippen molar-refractivity contribution in [3.63, 3.8) is 0 Å². The predicted octanol–water partition coefficient (Wildman–Crippen LogP) is 9.12. The first-order valence-electron chi connectivity index (χ1n) is 13.7. The predicted molar refractivity (Wildman–Crippen MR) is 168 cm³/mol. The zero-order valence-electron chi connectivity index (χ0n) is 22.1. The molecule has 0 spiro atoms. The Balaban J connectivity index is 1.26. The van der Waals surface area contributed by atoms with Gasteiger partial charge < -0.3 is 0 Å². The molecule has 4 heteroatoms. The first-order valence-corrected chi connectivity index (χ1v) is 13.7. The molecule has 0 unspecified atom stereocenters. The molecule has 0 aliphatic heterocycles. The summed E-state index contributed by atoms with van der Waals surface area (Å²) in [6.07, 6.45) is 1.84. The van der Waals surface area contributed by atoms with E-state index < -0.39 is 0 Å². The lowest BCUT2D eigenvalue weighted by Crippen LogP contribution is -1.99. The van der Waals surface area contributed by atoms with Crippen LogP contribution in [0.5, 0.6) is 0 Å². The Labute approximate surface area is 237 Å². The van der Waals surface area contributed by atoms with Gasteiger partial charge in [-0.3, -0.25) is 9.55 Å². The molecule has 0 saturated carbocycles. The van der Waals surface area contributed by atoms with Gasteiger partial charge in [0.1, 0.15) is 5.82 Å². The number of rotatable bonds is 4. The first-order chi connectivity index (χ1) is 20.3. The van der Waals surface area contributed by atoms with Gasteiger partial charge in [0, 0.05) is 17.1 Å². The Kier molecular flexibility index (Phi) is 5.42. The minimum atomic E-state index is 0.821. The van der Waals surface area contributed by atoms with Crippen molar-refractivity contribution in [2.75, 3.05) is 0 Å². The maximum Gasteiger partial charge on any atom is 0.138 e. The molecule has 4 heterocycles. The van der Waals surface area contributed by atoms with Crippen molar-refractivity contribution < 1.29 is 0 Å². The Bertz CT molecular complexity index is 2170. The number of pyridine rings is 3. The fraction of sp³-hybridized carbons (Fsp3) is 0. The summed E-state index contributed by atoms with van der Waals surface area (Å²) in [5.41, 5.74) is 9.10. The van der Waals surface area contributed by atoms with Crippen LogP contribution in [-0.4, -0.2) is 19.5 Å². The fourth-order valence-electron chi connectivity index (χ4n) is 5.85. The van der Waals surface area contributed by atoms with Gasteiger partial charge in [0.05, 0.1) is 33.6 Å². The first kappa shape index (κ1) is 23.3. The van der Waals surface area contributed by atoms with E-state index in [9.17, 15) is 0 Å². The molecule has 0 saturated heterocycles. The van der Waals surface area contributed by atoms with Gasteiger partial charge in [-0.25, -0.2) is 9.97 Å². The van der Waals surface area contributed by atoms with Gasteiger partial charge in [-0.05, 0) is 64.4 Å². The molecule has 0 amide bonds. The number of fused-ring (bicyclic) bond motifs is 4. The lowest BCUT2D eigenvalue weighted by molar-refractivity contribution is 1.08. The van der Waals surface area contributed by atoms with Gasteiger partial charge in [-0.2, -0.15) is 0 Å². The van der Waals surface area contributed by atoms with E-state index in [0.29, 0.717) is 0 Å². The molecule has 4 nitrogen and oxygen atoms in total. The van der Waals surface area contributed by atoms with Crippen molar-refractivity contribution in [3.8, 4) is 39.6 Å². The van der Waals surface area contributed by atoms with Crippen molar-refractivity contribution in [1.82, 2.24) is 19.5 Å². The van der Waals surface area contributed by atoms with E-state index in [-0.39, 0.29) is 0 Å². The average Bonchev–Trinajstić information content (AvgIpc) is 3.39. The maximum absolute atomic E-state index is 5.14.